The molecule has 0 aromatic heterocycles. The van der Waals surface area contributed by atoms with Gasteiger partial charge in [0.25, 0.3) is 0 Å². The van der Waals surface area contributed by atoms with Crippen LogP contribution in [0.4, 0.5) is 0 Å². The van der Waals surface area contributed by atoms with Crippen LogP contribution in [-0.4, -0.2) is 51.3 Å². The highest BCUT2D eigenvalue weighted by Crippen LogP contribution is 2.40. The van der Waals surface area contributed by atoms with E-state index in [0.717, 1.165) is 14.2 Å². The van der Waals surface area contributed by atoms with Gasteiger partial charge in [0.05, 0.1) is 31.7 Å². The van der Waals surface area contributed by atoms with Crippen molar-refractivity contribution >= 4 is 23.9 Å². The third-order valence-corrected chi connectivity index (χ3v) is 4.93. The second-order valence-corrected chi connectivity index (χ2v) is 9.59. The molecule has 0 N–H and O–H groups in total. The van der Waals surface area contributed by atoms with E-state index < -0.39 is 52.6 Å². The highest BCUT2D eigenvalue weighted by atomic mass is 16.6. The average Bonchev–Trinajstić information content (AvgIpc) is 2.73. The van der Waals surface area contributed by atoms with Gasteiger partial charge in [-0.3, -0.25) is 19.2 Å². The fraction of sp³-hybridized carbons (Fsp3) is 0.583. The molecule has 0 aliphatic heterocycles. The summed E-state index contributed by atoms with van der Waals surface area (Å²) in [6.07, 6.45) is 0. The highest BCUT2D eigenvalue weighted by Gasteiger charge is 2.57. The molecule has 0 aliphatic rings. The summed E-state index contributed by atoms with van der Waals surface area (Å²) in [7, 11) is 2.24. The standard InChI is InChI=1S/C24H34O8/c1-22(2,3)18(25)31-14-17(16-12-10-9-11-13-16)24(20(27)29-7,21(28)30-8)15-32-19(26)23(4,5)6/h9-13,17H,14-15H2,1-8H3. The number of carbonyl (C=O) groups is 4. The van der Waals surface area contributed by atoms with E-state index in [4.69, 9.17) is 18.9 Å². The molecule has 0 saturated heterocycles. The molecular formula is C24H34O8. The van der Waals surface area contributed by atoms with Gasteiger partial charge in [0.15, 0.2) is 0 Å². The van der Waals surface area contributed by atoms with Crippen LogP contribution in [0.2, 0.25) is 0 Å². The van der Waals surface area contributed by atoms with Crippen molar-refractivity contribution < 1.29 is 38.1 Å². The van der Waals surface area contributed by atoms with Gasteiger partial charge in [-0.15, -0.1) is 0 Å². The lowest BCUT2D eigenvalue weighted by atomic mass is 9.72. The lowest BCUT2D eigenvalue weighted by Crippen LogP contribution is -2.52. The maximum atomic E-state index is 13.1. The molecule has 1 aromatic rings. The van der Waals surface area contributed by atoms with Crippen molar-refractivity contribution in [3.63, 3.8) is 0 Å². The lowest BCUT2D eigenvalue weighted by molar-refractivity contribution is -0.183. The van der Waals surface area contributed by atoms with Crippen molar-refractivity contribution in [3.8, 4) is 0 Å². The Labute approximate surface area is 189 Å². The largest absolute Gasteiger partial charge is 0.468 e. The maximum absolute atomic E-state index is 13.1. The van der Waals surface area contributed by atoms with E-state index >= 15 is 0 Å². The number of methoxy groups -OCH3 is 2. The minimum atomic E-state index is -2.09. The molecule has 178 valence electrons. The van der Waals surface area contributed by atoms with Crippen molar-refractivity contribution in [2.45, 2.75) is 47.5 Å². The van der Waals surface area contributed by atoms with Gasteiger partial charge in [-0.2, -0.15) is 0 Å². The molecule has 1 rings (SSSR count). The lowest BCUT2D eigenvalue weighted by Gasteiger charge is -2.36. The molecule has 0 radical (unpaired) electrons. The van der Waals surface area contributed by atoms with Gasteiger partial charge >= 0.3 is 23.9 Å². The Morgan fingerprint density at radius 3 is 1.56 bits per heavy atom. The molecule has 32 heavy (non-hydrogen) atoms. The van der Waals surface area contributed by atoms with Crippen LogP contribution in [0.1, 0.15) is 53.0 Å². The second-order valence-electron chi connectivity index (χ2n) is 9.59. The molecule has 0 bridgehead atoms. The quantitative estimate of drug-likeness (QED) is 0.338. The van der Waals surface area contributed by atoms with Crippen LogP contribution < -0.4 is 0 Å². The average molecular weight is 451 g/mol. The van der Waals surface area contributed by atoms with Gasteiger partial charge in [0.1, 0.15) is 6.61 Å². The Morgan fingerprint density at radius 1 is 0.719 bits per heavy atom. The van der Waals surface area contributed by atoms with E-state index in [2.05, 4.69) is 0 Å². The zero-order valence-corrected chi connectivity index (χ0v) is 20.1. The molecule has 1 unspecified atom stereocenters. The van der Waals surface area contributed by atoms with Crippen LogP contribution in [0, 0.1) is 16.2 Å². The van der Waals surface area contributed by atoms with Crippen molar-refractivity contribution in [2.75, 3.05) is 27.4 Å². The van der Waals surface area contributed by atoms with Gasteiger partial charge in [0, 0.05) is 5.92 Å². The summed E-state index contributed by atoms with van der Waals surface area (Å²) in [5.74, 6) is -4.11. The normalized spacial score (nSPS) is 13.0. The number of hydrogen-bond donors (Lipinski definition) is 0. The Morgan fingerprint density at radius 2 is 1.16 bits per heavy atom. The fourth-order valence-corrected chi connectivity index (χ4v) is 2.93. The summed E-state index contributed by atoms with van der Waals surface area (Å²) in [6.45, 7) is 9.02. The van der Waals surface area contributed by atoms with E-state index in [9.17, 15) is 19.2 Å². The van der Waals surface area contributed by atoms with E-state index in [-0.39, 0.29) is 6.61 Å². The Bertz CT molecular complexity index is 799. The first-order valence-electron chi connectivity index (χ1n) is 10.3. The van der Waals surface area contributed by atoms with Gasteiger partial charge in [-0.1, -0.05) is 30.3 Å². The molecular weight excluding hydrogens is 416 g/mol. The molecule has 0 aliphatic carbocycles. The first kappa shape index (κ1) is 27.1. The van der Waals surface area contributed by atoms with Gasteiger partial charge in [-0.05, 0) is 47.1 Å². The van der Waals surface area contributed by atoms with E-state index in [1.807, 2.05) is 0 Å². The number of rotatable bonds is 8. The third kappa shape index (κ3) is 6.31. The summed E-state index contributed by atoms with van der Waals surface area (Å²) in [5.41, 5.74) is -3.26. The Balaban J connectivity index is 3.60. The summed E-state index contributed by atoms with van der Waals surface area (Å²) >= 11 is 0. The third-order valence-electron chi connectivity index (χ3n) is 4.93. The van der Waals surface area contributed by atoms with Crippen molar-refractivity contribution in [2.24, 2.45) is 16.2 Å². The molecule has 0 amide bonds. The van der Waals surface area contributed by atoms with Crippen LogP contribution >= 0.6 is 0 Å². The Hall–Kier alpha value is -2.90. The van der Waals surface area contributed by atoms with Crippen molar-refractivity contribution in [3.05, 3.63) is 35.9 Å². The zero-order chi connectivity index (χ0) is 24.7. The zero-order valence-electron chi connectivity index (χ0n) is 20.1. The minimum absolute atomic E-state index is 0.336. The number of hydrogen-bond acceptors (Lipinski definition) is 8. The molecule has 0 spiro atoms. The second kappa shape index (κ2) is 10.6. The molecule has 0 fully saturated rings. The smallest absolute Gasteiger partial charge is 0.327 e. The first-order chi connectivity index (χ1) is 14.7. The summed E-state index contributed by atoms with van der Waals surface area (Å²) in [4.78, 5) is 51.1. The summed E-state index contributed by atoms with van der Waals surface area (Å²) in [5, 5.41) is 0. The van der Waals surface area contributed by atoms with Crippen molar-refractivity contribution in [1.82, 2.24) is 0 Å². The monoisotopic (exact) mass is 450 g/mol. The number of esters is 4. The van der Waals surface area contributed by atoms with Gasteiger partial charge in [0.2, 0.25) is 5.41 Å². The molecule has 8 nitrogen and oxygen atoms in total. The van der Waals surface area contributed by atoms with Crippen LogP contribution in [0.5, 0.6) is 0 Å². The highest BCUT2D eigenvalue weighted by molar-refractivity contribution is 6.02. The predicted molar refractivity (Wildman–Crippen MR) is 116 cm³/mol. The molecule has 1 atom stereocenters. The number of benzene rings is 1. The van der Waals surface area contributed by atoms with Crippen LogP contribution in [0.3, 0.4) is 0 Å². The first-order valence-corrected chi connectivity index (χ1v) is 10.3. The van der Waals surface area contributed by atoms with E-state index in [1.165, 1.54) is 0 Å². The van der Waals surface area contributed by atoms with Crippen LogP contribution in [0.25, 0.3) is 0 Å². The van der Waals surface area contributed by atoms with Gasteiger partial charge in [-0.25, -0.2) is 0 Å². The predicted octanol–water partition coefficient (Wildman–Crippen LogP) is 3.28. The SMILES string of the molecule is COC(=O)C(COC(=O)C(C)(C)C)(C(=O)OC)C(COC(=O)C(C)(C)C)c1ccccc1. The van der Waals surface area contributed by atoms with Gasteiger partial charge < -0.3 is 18.9 Å². The van der Waals surface area contributed by atoms with E-state index in [1.54, 1.807) is 71.9 Å². The van der Waals surface area contributed by atoms with Crippen molar-refractivity contribution in [1.29, 1.82) is 0 Å². The summed E-state index contributed by atoms with van der Waals surface area (Å²) < 4.78 is 20.8. The number of carbonyl (C=O) groups excluding carboxylic acids is 4. The fourth-order valence-electron chi connectivity index (χ4n) is 2.93. The van der Waals surface area contributed by atoms with Crippen LogP contribution in [0.15, 0.2) is 30.3 Å². The number of ether oxygens (including phenoxy) is 4. The summed E-state index contributed by atoms with van der Waals surface area (Å²) in [6, 6.07) is 8.56. The molecule has 8 heteroatoms. The van der Waals surface area contributed by atoms with E-state index in [0.29, 0.717) is 5.56 Å². The van der Waals surface area contributed by atoms with Crippen LogP contribution in [-0.2, 0) is 38.1 Å². The molecule has 0 heterocycles. The Kier molecular flexibility index (Phi) is 9.00. The molecule has 0 saturated carbocycles. The molecule has 1 aromatic carbocycles. The minimum Gasteiger partial charge on any atom is -0.468 e. The topological polar surface area (TPSA) is 105 Å². The maximum Gasteiger partial charge on any atom is 0.327 e.